The molecular formula is C29H36N4O4S. The summed E-state index contributed by atoms with van der Waals surface area (Å²) in [6.45, 7) is 10.4. The number of aryl methyl sites for hydroxylation is 2. The van der Waals surface area contributed by atoms with Crippen LogP contribution in [0.4, 0.5) is 5.00 Å². The molecule has 0 aliphatic heterocycles. The lowest BCUT2D eigenvalue weighted by atomic mass is 10.1. The lowest BCUT2D eigenvalue weighted by molar-refractivity contribution is 0.0793. The van der Waals surface area contributed by atoms with E-state index in [0.717, 1.165) is 27.1 Å². The van der Waals surface area contributed by atoms with Gasteiger partial charge in [-0.3, -0.25) is 14.5 Å². The molecule has 8 nitrogen and oxygen atoms in total. The minimum absolute atomic E-state index is 0.331. The van der Waals surface area contributed by atoms with Gasteiger partial charge in [-0.25, -0.2) is 5.43 Å². The lowest BCUT2D eigenvalue weighted by Crippen LogP contribution is -2.35. The van der Waals surface area contributed by atoms with Gasteiger partial charge in [0, 0.05) is 30.1 Å². The number of hydrazone groups is 1. The van der Waals surface area contributed by atoms with Crippen LogP contribution in [0.1, 0.15) is 61.7 Å². The molecule has 2 aromatic carbocycles. The number of hydrogen-bond donors (Lipinski definition) is 4. The molecule has 0 aliphatic rings. The van der Waals surface area contributed by atoms with Crippen LogP contribution in [-0.2, 0) is 6.54 Å². The van der Waals surface area contributed by atoms with Gasteiger partial charge in [0.25, 0.3) is 11.8 Å². The van der Waals surface area contributed by atoms with Crippen molar-refractivity contribution in [1.29, 1.82) is 0 Å². The maximum Gasteiger partial charge on any atom is 0.274 e. The second-order valence-electron chi connectivity index (χ2n) is 9.64. The average molecular weight is 537 g/mol. The molecule has 4 N–H and O–H groups in total. The van der Waals surface area contributed by atoms with Crippen LogP contribution in [0.15, 0.2) is 53.6 Å². The molecule has 0 saturated carbocycles. The van der Waals surface area contributed by atoms with E-state index in [1.54, 1.807) is 38.3 Å². The van der Waals surface area contributed by atoms with E-state index in [1.807, 2.05) is 56.0 Å². The number of benzene rings is 2. The van der Waals surface area contributed by atoms with Crippen molar-refractivity contribution in [3.05, 3.63) is 86.8 Å². The van der Waals surface area contributed by atoms with Crippen LogP contribution >= 0.6 is 11.3 Å². The van der Waals surface area contributed by atoms with Crippen molar-refractivity contribution in [2.24, 2.45) is 5.10 Å². The Morgan fingerprint density at radius 3 is 2.29 bits per heavy atom. The predicted molar refractivity (Wildman–Crippen MR) is 153 cm³/mol. The molecule has 1 heterocycles. The summed E-state index contributed by atoms with van der Waals surface area (Å²) in [6.07, 6.45) is 0.487. The van der Waals surface area contributed by atoms with Crippen molar-refractivity contribution in [3.8, 4) is 0 Å². The van der Waals surface area contributed by atoms with Crippen molar-refractivity contribution in [2.75, 3.05) is 18.4 Å². The quantitative estimate of drug-likeness (QED) is 0.216. The van der Waals surface area contributed by atoms with Gasteiger partial charge in [-0.05, 0) is 63.4 Å². The maximum atomic E-state index is 13.2. The zero-order valence-electron chi connectivity index (χ0n) is 22.5. The summed E-state index contributed by atoms with van der Waals surface area (Å²) >= 11 is 1.34. The molecule has 0 radical (unpaired) electrons. The topological polar surface area (TPSA) is 114 Å². The highest BCUT2D eigenvalue weighted by atomic mass is 32.1. The first-order valence-corrected chi connectivity index (χ1v) is 13.3. The highest BCUT2D eigenvalue weighted by Gasteiger charge is 2.22. The van der Waals surface area contributed by atoms with Crippen molar-refractivity contribution in [3.63, 3.8) is 0 Å². The van der Waals surface area contributed by atoms with Crippen LogP contribution in [0.2, 0.25) is 0 Å². The number of thiophene rings is 1. The molecule has 202 valence electrons. The van der Waals surface area contributed by atoms with Gasteiger partial charge in [-0.2, -0.15) is 5.10 Å². The fourth-order valence-electron chi connectivity index (χ4n) is 4.06. The molecule has 0 fully saturated rings. The number of anilines is 1. The van der Waals surface area contributed by atoms with Gasteiger partial charge >= 0.3 is 0 Å². The molecule has 0 bridgehead atoms. The first-order valence-electron chi connectivity index (χ1n) is 12.5. The number of amides is 2. The zero-order chi connectivity index (χ0) is 27.8. The molecule has 0 spiro atoms. The number of carbonyl (C=O) groups excluding carboxylic acids is 2. The Bertz CT molecular complexity index is 1270. The number of hydrogen-bond acceptors (Lipinski definition) is 7. The average Bonchev–Trinajstić information content (AvgIpc) is 3.12. The SMILES string of the molecule is Cc1ccc(/C=N/NC(=O)c2c(NC(=O)c3cccc(CN(CC(C)O)CC(C)O)c3)sc(C)c2C)cc1. The van der Waals surface area contributed by atoms with Gasteiger partial charge in [0.15, 0.2) is 0 Å². The summed E-state index contributed by atoms with van der Waals surface area (Å²) < 4.78 is 0. The van der Waals surface area contributed by atoms with E-state index in [9.17, 15) is 19.8 Å². The van der Waals surface area contributed by atoms with Crippen LogP contribution in [0.25, 0.3) is 0 Å². The summed E-state index contributed by atoms with van der Waals surface area (Å²) in [5, 5.41) is 27.1. The smallest absolute Gasteiger partial charge is 0.274 e. The summed E-state index contributed by atoms with van der Waals surface area (Å²) in [6, 6.07) is 15.0. The number of nitrogens with one attached hydrogen (secondary N) is 2. The minimum atomic E-state index is -0.545. The Balaban J connectivity index is 1.73. The third-order valence-electron chi connectivity index (χ3n) is 5.94. The maximum absolute atomic E-state index is 13.2. The highest BCUT2D eigenvalue weighted by Crippen LogP contribution is 2.32. The van der Waals surface area contributed by atoms with Crippen LogP contribution in [0.5, 0.6) is 0 Å². The predicted octanol–water partition coefficient (Wildman–Crippen LogP) is 4.25. The Morgan fingerprint density at radius 2 is 1.66 bits per heavy atom. The van der Waals surface area contributed by atoms with Crippen LogP contribution in [0.3, 0.4) is 0 Å². The molecule has 38 heavy (non-hydrogen) atoms. The lowest BCUT2D eigenvalue weighted by Gasteiger charge is -2.25. The normalized spacial score (nSPS) is 13.1. The molecule has 2 atom stereocenters. The standard InChI is InChI=1S/C29H36N4O4S/c1-18-9-11-23(12-10-18)14-30-32-28(37)26-21(4)22(5)38-29(26)31-27(36)25-8-6-7-24(13-25)17-33(15-19(2)34)16-20(3)35/h6-14,19-20,34-35H,15-17H2,1-5H3,(H,31,36)(H,32,37)/b30-14+. The number of nitrogens with zero attached hydrogens (tertiary/aromatic N) is 2. The number of aliphatic hydroxyl groups is 2. The Hall–Kier alpha value is -3.37. The van der Waals surface area contributed by atoms with E-state index < -0.39 is 18.1 Å². The third-order valence-corrected chi connectivity index (χ3v) is 7.06. The van der Waals surface area contributed by atoms with Crippen LogP contribution < -0.4 is 10.7 Å². The van der Waals surface area contributed by atoms with E-state index in [4.69, 9.17) is 0 Å². The van der Waals surface area contributed by atoms with Gasteiger partial charge in [0.1, 0.15) is 5.00 Å². The first kappa shape index (κ1) is 29.2. The number of aliphatic hydroxyl groups excluding tert-OH is 2. The third kappa shape index (κ3) is 8.32. The molecule has 2 unspecified atom stereocenters. The van der Waals surface area contributed by atoms with Crippen molar-refractivity contribution < 1.29 is 19.8 Å². The highest BCUT2D eigenvalue weighted by molar-refractivity contribution is 7.16. The van der Waals surface area contributed by atoms with Crippen molar-refractivity contribution in [2.45, 2.75) is 53.4 Å². The van der Waals surface area contributed by atoms with E-state index in [0.29, 0.717) is 35.8 Å². The van der Waals surface area contributed by atoms with Gasteiger partial charge in [-0.15, -0.1) is 11.3 Å². The second kappa shape index (κ2) is 13.4. The zero-order valence-corrected chi connectivity index (χ0v) is 23.3. The van der Waals surface area contributed by atoms with E-state index in [-0.39, 0.29) is 5.91 Å². The van der Waals surface area contributed by atoms with Crippen molar-refractivity contribution >= 4 is 34.4 Å². The van der Waals surface area contributed by atoms with E-state index >= 15 is 0 Å². The fourth-order valence-corrected chi connectivity index (χ4v) is 5.11. The molecule has 2 amide bonds. The Morgan fingerprint density at radius 1 is 1.00 bits per heavy atom. The molecule has 9 heteroatoms. The first-order chi connectivity index (χ1) is 18.0. The summed E-state index contributed by atoms with van der Waals surface area (Å²) in [7, 11) is 0. The van der Waals surface area contributed by atoms with Gasteiger partial charge in [0.05, 0.1) is 24.0 Å². The summed E-state index contributed by atoms with van der Waals surface area (Å²) in [4.78, 5) is 29.0. The number of rotatable bonds is 11. The second-order valence-corrected chi connectivity index (χ2v) is 10.9. The minimum Gasteiger partial charge on any atom is -0.392 e. The largest absolute Gasteiger partial charge is 0.392 e. The van der Waals surface area contributed by atoms with Crippen LogP contribution in [0, 0.1) is 20.8 Å². The summed E-state index contributed by atoms with van der Waals surface area (Å²) in [5.41, 5.74) is 7.07. The molecule has 1 aromatic heterocycles. The van der Waals surface area contributed by atoms with Gasteiger partial charge in [-0.1, -0.05) is 42.0 Å². The van der Waals surface area contributed by atoms with Crippen molar-refractivity contribution in [1.82, 2.24) is 10.3 Å². The number of carbonyl (C=O) groups is 2. The van der Waals surface area contributed by atoms with Gasteiger partial charge in [0.2, 0.25) is 0 Å². The monoisotopic (exact) mass is 536 g/mol. The Kier molecular flexibility index (Phi) is 10.3. The molecular weight excluding hydrogens is 500 g/mol. The fraction of sp³-hybridized carbons (Fsp3) is 0.345. The van der Waals surface area contributed by atoms with E-state index in [2.05, 4.69) is 15.8 Å². The van der Waals surface area contributed by atoms with Crippen LogP contribution in [-0.4, -0.2) is 58.4 Å². The molecule has 0 aliphatic carbocycles. The van der Waals surface area contributed by atoms with E-state index in [1.165, 1.54) is 11.3 Å². The molecule has 3 rings (SSSR count). The Labute approximate surface area is 228 Å². The molecule has 0 saturated heterocycles. The van der Waals surface area contributed by atoms with Gasteiger partial charge < -0.3 is 15.5 Å². The summed E-state index contributed by atoms with van der Waals surface area (Å²) in [5.74, 6) is -0.728. The molecule has 3 aromatic rings.